The molecule has 0 atom stereocenters. The number of alkyl halides is 2. The van der Waals surface area contributed by atoms with Crippen molar-refractivity contribution in [1.29, 1.82) is 0 Å². The van der Waals surface area contributed by atoms with Gasteiger partial charge in [0.1, 0.15) is 0 Å². The number of halogens is 2. The van der Waals surface area contributed by atoms with Gasteiger partial charge in [0.05, 0.1) is 5.70 Å². The highest BCUT2D eigenvalue weighted by Crippen LogP contribution is 2.10. The number of nitrogens with zero attached hydrogens (tertiary/aromatic N) is 1. The summed E-state index contributed by atoms with van der Waals surface area (Å²) < 4.78 is 0. The number of nitrogens with one attached hydrogen (secondary N) is 1. The minimum absolute atomic E-state index is 0.224. The quantitative estimate of drug-likeness (QED) is 0.578. The third-order valence-corrected chi connectivity index (χ3v) is 2.35. The molecule has 15 heavy (non-hydrogen) atoms. The van der Waals surface area contributed by atoms with Gasteiger partial charge in [-0.05, 0) is 6.08 Å². The lowest BCUT2D eigenvalue weighted by molar-refractivity contribution is -0.129. The Kier molecular flexibility index (Phi) is 4.91. The molecule has 0 unspecified atom stereocenters. The van der Waals surface area contributed by atoms with Crippen molar-refractivity contribution in [2.75, 3.05) is 24.8 Å². The van der Waals surface area contributed by atoms with Crippen LogP contribution in [0.1, 0.15) is 6.42 Å². The lowest BCUT2D eigenvalue weighted by Gasteiger charge is -2.26. The van der Waals surface area contributed by atoms with Crippen molar-refractivity contribution in [3.63, 3.8) is 0 Å². The normalized spacial score (nSPS) is 16.0. The second-order valence-corrected chi connectivity index (χ2v) is 3.79. The Balaban J connectivity index is 2.73. The molecular formula is C9H12Cl2N2O2. The Morgan fingerprint density at radius 1 is 1.27 bits per heavy atom. The van der Waals surface area contributed by atoms with Crippen LogP contribution in [0.15, 0.2) is 11.8 Å². The average Bonchev–Trinajstić information content (AvgIpc) is 2.17. The number of rotatable bonds is 5. The SMILES string of the molecule is O=C1CC=C(N(CCCl)CCCl)C(=O)N1. The fourth-order valence-electron chi connectivity index (χ4n) is 1.35. The summed E-state index contributed by atoms with van der Waals surface area (Å²) in [6.07, 6.45) is 1.84. The predicted octanol–water partition coefficient (Wildman–Crippen LogP) is 0.696. The molecule has 0 saturated carbocycles. The Hall–Kier alpha value is -0.740. The van der Waals surface area contributed by atoms with Gasteiger partial charge in [-0.3, -0.25) is 14.9 Å². The van der Waals surface area contributed by atoms with Crippen LogP contribution in [0.5, 0.6) is 0 Å². The van der Waals surface area contributed by atoms with Crippen LogP contribution in [0, 0.1) is 0 Å². The summed E-state index contributed by atoms with van der Waals surface area (Å²) in [7, 11) is 0. The average molecular weight is 251 g/mol. The van der Waals surface area contributed by atoms with E-state index in [-0.39, 0.29) is 18.2 Å². The summed E-state index contributed by atoms with van der Waals surface area (Å²) in [5.41, 5.74) is 0.482. The van der Waals surface area contributed by atoms with Gasteiger partial charge in [-0.1, -0.05) is 0 Å². The fraction of sp³-hybridized carbons (Fsp3) is 0.556. The second-order valence-electron chi connectivity index (χ2n) is 3.04. The molecule has 84 valence electrons. The molecule has 4 nitrogen and oxygen atoms in total. The minimum atomic E-state index is -0.374. The molecule has 0 saturated heterocycles. The molecule has 1 aliphatic rings. The Labute approximate surface area is 98.2 Å². The first-order valence-corrected chi connectivity index (χ1v) is 5.67. The van der Waals surface area contributed by atoms with Crippen LogP contribution in [0.4, 0.5) is 0 Å². The van der Waals surface area contributed by atoms with E-state index in [1.807, 2.05) is 0 Å². The molecule has 0 aliphatic carbocycles. The summed E-state index contributed by atoms with van der Waals surface area (Å²) in [5.74, 6) is 0.173. The molecule has 1 heterocycles. The van der Waals surface area contributed by atoms with Crippen molar-refractivity contribution < 1.29 is 9.59 Å². The van der Waals surface area contributed by atoms with Crippen LogP contribution in [-0.4, -0.2) is 41.6 Å². The van der Waals surface area contributed by atoms with Gasteiger partial charge in [-0.25, -0.2) is 0 Å². The largest absolute Gasteiger partial charge is 0.365 e. The second kappa shape index (κ2) is 5.98. The van der Waals surface area contributed by atoms with Gasteiger partial charge in [0.25, 0.3) is 5.91 Å². The van der Waals surface area contributed by atoms with E-state index in [9.17, 15) is 9.59 Å². The van der Waals surface area contributed by atoms with Gasteiger partial charge < -0.3 is 4.90 Å². The van der Waals surface area contributed by atoms with E-state index in [1.54, 1.807) is 11.0 Å². The third-order valence-electron chi connectivity index (χ3n) is 2.02. The van der Waals surface area contributed by atoms with E-state index in [0.29, 0.717) is 30.5 Å². The topological polar surface area (TPSA) is 49.4 Å². The maximum absolute atomic E-state index is 11.5. The Bertz CT molecular complexity index is 286. The van der Waals surface area contributed by atoms with Crippen molar-refractivity contribution in [3.05, 3.63) is 11.8 Å². The van der Waals surface area contributed by atoms with Crippen molar-refractivity contribution >= 4 is 35.0 Å². The number of hydrogen-bond acceptors (Lipinski definition) is 3. The third kappa shape index (κ3) is 3.39. The number of carbonyl (C=O) groups is 2. The molecule has 0 aromatic heterocycles. The molecule has 6 heteroatoms. The van der Waals surface area contributed by atoms with E-state index >= 15 is 0 Å². The van der Waals surface area contributed by atoms with Crippen LogP contribution >= 0.6 is 23.2 Å². The van der Waals surface area contributed by atoms with Crippen molar-refractivity contribution in [2.24, 2.45) is 0 Å². The molecule has 0 bridgehead atoms. The maximum Gasteiger partial charge on any atom is 0.273 e. The minimum Gasteiger partial charge on any atom is -0.365 e. The summed E-state index contributed by atoms with van der Waals surface area (Å²) >= 11 is 11.2. The molecule has 1 rings (SSSR count). The molecule has 2 amide bonds. The van der Waals surface area contributed by atoms with Crippen LogP contribution in [-0.2, 0) is 9.59 Å². The molecule has 0 fully saturated rings. The van der Waals surface area contributed by atoms with Crippen LogP contribution < -0.4 is 5.32 Å². The van der Waals surface area contributed by atoms with E-state index < -0.39 is 0 Å². The summed E-state index contributed by atoms with van der Waals surface area (Å²) in [6, 6.07) is 0. The zero-order chi connectivity index (χ0) is 11.3. The van der Waals surface area contributed by atoms with Gasteiger partial charge in [-0.2, -0.15) is 0 Å². The smallest absolute Gasteiger partial charge is 0.273 e. The molecule has 1 aliphatic heterocycles. The number of hydrogen-bond donors (Lipinski definition) is 1. The van der Waals surface area contributed by atoms with Gasteiger partial charge >= 0.3 is 0 Å². The van der Waals surface area contributed by atoms with E-state index in [2.05, 4.69) is 5.32 Å². The fourth-order valence-corrected chi connectivity index (χ4v) is 1.76. The van der Waals surface area contributed by atoms with Gasteiger partial charge in [0, 0.05) is 31.3 Å². The van der Waals surface area contributed by atoms with Gasteiger partial charge in [-0.15, -0.1) is 23.2 Å². The van der Waals surface area contributed by atoms with E-state index in [0.717, 1.165) is 0 Å². The highest BCUT2D eigenvalue weighted by atomic mass is 35.5. The van der Waals surface area contributed by atoms with E-state index in [1.165, 1.54) is 0 Å². The molecule has 0 radical (unpaired) electrons. The number of carbonyl (C=O) groups excluding carboxylic acids is 2. The predicted molar refractivity (Wildman–Crippen MR) is 58.9 cm³/mol. The first-order valence-electron chi connectivity index (χ1n) is 4.60. The number of imide groups is 1. The Morgan fingerprint density at radius 3 is 2.33 bits per heavy atom. The van der Waals surface area contributed by atoms with Crippen molar-refractivity contribution in [1.82, 2.24) is 10.2 Å². The summed E-state index contributed by atoms with van der Waals surface area (Å²) in [6.45, 7) is 1.09. The summed E-state index contributed by atoms with van der Waals surface area (Å²) in [4.78, 5) is 24.2. The highest BCUT2D eigenvalue weighted by Gasteiger charge is 2.22. The monoisotopic (exact) mass is 250 g/mol. The maximum atomic E-state index is 11.5. The van der Waals surface area contributed by atoms with Crippen LogP contribution in [0.3, 0.4) is 0 Å². The van der Waals surface area contributed by atoms with Gasteiger partial charge in [0.2, 0.25) is 5.91 Å². The zero-order valence-electron chi connectivity index (χ0n) is 8.13. The van der Waals surface area contributed by atoms with E-state index in [4.69, 9.17) is 23.2 Å². The molecular weight excluding hydrogens is 239 g/mol. The van der Waals surface area contributed by atoms with Crippen molar-refractivity contribution in [3.8, 4) is 0 Å². The first kappa shape index (κ1) is 12.3. The Morgan fingerprint density at radius 2 is 1.87 bits per heavy atom. The molecule has 0 aromatic rings. The molecule has 0 spiro atoms. The van der Waals surface area contributed by atoms with Gasteiger partial charge in [0.15, 0.2) is 0 Å². The summed E-state index contributed by atoms with van der Waals surface area (Å²) in [5, 5.41) is 2.25. The van der Waals surface area contributed by atoms with Crippen molar-refractivity contribution in [2.45, 2.75) is 6.42 Å². The highest BCUT2D eigenvalue weighted by molar-refractivity contribution is 6.18. The number of amides is 2. The molecule has 1 N–H and O–H groups in total. The lowest BCUT2D eigenvalue weighted by Crippen LogP contribution is -2.42. The van der Waals surface area contributed by atoms with Crippen LogP contribution in [0.25, 0.3) is 0 Å². The van der Waals surface area contributed by atoms with Crippen LogP contribution in [0.2, 0.25) is 0 Å². The zero-order valence-corrected chi connectivity index (χ0v) is 9.64. The molecule has 0 aromatic carbocycles. The lowest BCUT2D eigenvalue weighted by atomic mass is 10.2. The first-order chi connectivity index (χ1) is 7.19. The standard InChI is InChI=1S/C9H12Cl2N2O2/c10-3-5-13(6-4-11)7-1-2-8(14)12-9(7)15/h1H,2-6H2,(H,12,14,15).